The lowest BCUT2D eigenvalue weighted by Gasteiger charge is -2.30. The number of nitrogens with two attached hydrogens (primary N) is 1. The summed E-state index contributed by atoms with van der Waals surface area (Å²) < 4.78 is 11.2. The SMILES string of the molecule is N#CC1=C(N)OC2=C(C(=O)CCC2)C1c1ccc(OCc2ccc(Cl)cc2)c([N+](=O)[O-])c1. The fourth-order valence-corrected chi connectivity index (χ4v) is 4.04. The van der Waals surface area contributed by atoms with Crippen LogP contribution < -0.4 is 10.5 Å². The van der Waals surface area contributed by atoms with E-state index in [1.165, 1.54) is 12.1 Å². The molecule has 0 spiro atoms. The molecule has 2 aromatic rings. The van der Waals surface area contributed by atoms with Crippen molar-refractivity contribution in [3.05, 3.63) is 91.5 Å². The van der Waals surface area contributed by atoms with E-state index < -0.39 is 10.8 Å². The maximum atomic E-state index is 12.7. The van der Waals surface area contributed by atoms with Gasteiger partial charge in [0.15, 0.2) is 11.5 Å². The van der Waals surface area contributed by atoms with Gasteiger partial charge in [-0.1, -0.05) is 29.8 Å². The number of rotatable bonds is 5. The summed E-state index contributed by atoms with van der Waals surface area (Å²) in [5.41, 5.74) is 7.26. The van der Waals surface area contributed by atoms with Crippen LogP contribution in [0.1, 0.15) is 36.3 Å². The molecule has 0 amide bonds. The van der Waals surface area contributed by atoms with Gasteiger partial charge in [0.25, 0.3) is 0 Å². The molecule has 9 heteroatoms. The van der Waals surface area contributed by atoms with Gasteiger partial charge < -0.3 is 15.2 Å². The maximum absolute atomic E-state index is 12.7. The van der Waals surface area contributed by atoms with Gasteiger partial charge in [-0.05, 0) is 35.7 Å². The van der Waals surface area contributed by atoms with Gasteiger partial charge >= 0.3 is 5.69 Å². The lowest BCUT2D eigenvalue weighted by molar-refractivity contribution is -0.386. The second-order valence-corrected chi connectivity index (χ2v) is 7.87. The number of carbonyl (C=O) groups excluding carboxylic acids is 1. The number of ether oxygens (including phenoxy) is 2. The summed E-state index contributed by atoms with van der Waals surface area (Å²) in [5.74, 6) is -0.562. The molecular weight excluding hydrogens is 434 g/mol. The van der Waals surface area contributed by atoms with E-state index in [0.717, 1.165) is 5.56 Å². The first-order valence-electron chi connectivity index (χ1n) is 9.88. The van der Waals surface area contributed by atoms with Gasteiger partial charge in [0.05, 0.1) is 10.8 Å². The molecule has 1 atom stereocenters. The van der Waals surface area contributed by atoms with Gasteiger partial charge in [0.2, 0.25) is 5.88 Å². The van der Waals surface area contributed by atoms with Crippen LogP contribution in [0.5, 0.6) is 5.75 Å². The molecule has 0 saturated carbocycles. The predicted octanol–water partition coefficient (Wildman–Crippen LogP) is 4.64. The maximum Gasteiger partial charge on any atom is 0.311 e. The lowest BCUT2D eigenvalue weighted by atomic mass is 9.77. The highest BCUT2D eigenvalue weighted by atomic mass is 35.5. The highest BCUT2D eigenvalue weighted by molar-refractivity contribution is 6.30. The summed E-state index contributed by atoms with van der Waals surface area (Å²) in [6.07, 6.45) is 1.46. The number of nitrogens with zero attached hydrogens (tertiary/aromatic N) is 2. The average molecular weight is 452 g/mol. The zero-order chi connectivity index (χ0) is 22.8. The number of nitro benzene ring substituents is 1. The number of hydrogen-bond donors (Lipinski definition) is 1. The molecule has 162 valence electrons. The quantitative estimate of drug-likeness (QED) is 0.517. The molecule has 1 unspecified atom stereocenters. The molecule has 2 N–H and O–H groups in total. The Balaban J connectivity index is 1.72. The summed E-state index contributed by atoms with van der Waals surface area (Å²) in [5, 5.41) is 22.0. The molecule has 4 rings (SSSR count). The van der Waals surface area contributed by atoms with E-state index in [-0.39, 0.29) is 35.3 Å². The average Bonchev–Trinajstić information content (AvgIpc) is 2.78. The number of carbonyl (C=O) groups is 1. The monoisotopic (exact) mass is 451 g/mol. The van der Waals surface area contributed by atoms with E-state index in [9.17, 15) is 20.2 Å². The highest BCUT2D eigenvalue weighted by Crippen LogP contribution is 2.45. The normalized spacial score (nSPS) is 18.0. The summed E-state index contributed by atoms with van der Waals surface area (Å²) in [7, 11) is 0. The first-order chi connectivity index (χ1) is 15.4. The van der Waals surface area contributed by atoms with Crippen molar-refractivity contribution in [1.82, 2.24) is 0 Å². The second kappa shape index (κ2) is 8.73. The van der Waals surface area contributed by atoms with Crippen LogP contribution in [0.2, 0.25) is 5.02 Å². The Labute approximate surface area is 188 Å². The van der Waals surface area contributed by atoms with Crippen LogP contribution in [0.15, 0.2) is 65.3 Å². The highest BCUT2D eigenvalue weighted by Gasteiger charge is 2.38. The Morgan fingerprint density at radius 1 is 1.25 bits per heavy atom. The van der Waals surface area contributed by atoms with Crippen molar-refractivity contribution in [3.63, 3.8) is 0 Å². The van der Waals surface area contributed by atoms with Gasteiger partial charge in [0, 0.05) is 29.5 Å². The zero-order valence-corrected chi connectivity index (χ0v) is 17.6. The van der Waals surface area contributed by atoms with Crippen molar-refractivity contribution in [2.75, 3.05) is 0 Å². The third kappa shape index (κ3) is 4.03. The summed E-state index contributed by atoms with van der Waals surface area (Å²) in [6, 6.07) is 13.3. The van der Waals surface area contributed by atoms with E-state index in [1.807, 2.05) is 6.07 Å². The number of Topliss-reactive ketones (excluding diaryl/α,β-unsaturated/α-hetero) is 1. The summed E-state index contributed by atoms with van der Waals surface area (Å²) >= 11 is 5.88. The van der Waals surface area contributed by atoms with Crippen LogP contribution in [0.4, 0.5) is 5.69 Å². The van der Waals surface area contributed by atoms with Crippen LogP contribution in [0.25, 0.3) is 0 Å². The van der Waals surface area contributed by atoms with Crippen LogP contribution in [0, 0.1) is 21.4 Å². The van der Waals surface area contributed by atoms with Crippen LogP contribution in [-0.4, -0.2) is 10.7 Å². The van der Waals surface area contributed by atoms with Crippen molar-refractivity contribution in [3.8, 4) is 11.8 Å². The Bertz CT molecular complexity index is 1210. The third-order valence-corrected chi connectivity index (χ3v) is 5.68. The van der Waals surface area contributed by atoms with Gasteiger partial charge in [-0.2, -0.15) is 5.26 Å². The topological polar surface area (TPSA) is 128 Å². The van der Waals surface area contributed by atoms with E-state index in [4.69, 9.17) is 26.8 Å². The number of ketones is 1. The van der Waals surface area contributed by atoms with Gasteiger partial charge in [-0.25, -0.2) is 0 Å². The summed E-state index contributed by atoms with van der Waals surface area (Å²) in [6.45, 7) is 0.110. The van der Waals surface area contributed by atoms with Crippen molar-refractivity contribution < 1.29 is 19.2 Å². The number of hydrogen-bond acceptors (Lipinski definition) is 7. The van der Waals surface area contributed by atoms with Crippen molar-refractivity contribution in [1.29, 1.82) is 5.26 Å². The molecule has 1 aliphatic carbocycles. The van der Waals surface area contributed by atoms with Crippen molar-refractivity contribution in [2.45, 2.75) is 31.8 Å². The minimum atomic E-state index is -0.819. The third-order valence-electron chi connectivity index (χ3n) is 5.43. The molecule has 0 fully saturated rings. The Kier molecular flexibility index (Phi) is 5.84. The molecule has 0 bridgehead atoms. The standard InChI is InChI=1S/C23H18ClN3O5/c24-15-7-4-13(5-8-15)12-31-19-9-6-14(10-17(19)27(29)30)21-16(11-25)23(26)32-20-3-1-2-18(28)22(20)21/h4-10,21H,1-3,12,26H2. The van der Waals surface area contributed by atoms with Crippen LogP contribution >= 0.6 is 11.6 Å². The number of nitriles is 1. The van der Waals surface area contributed by atoms with E-state index >= 15 is 0 Å². The minimum Gasteiger partial charge on any atom is -0.482 e. The number of halogens is 1. The fraction of sp³-hybridized carbons (Fsp3) is 0.217. The molecule has 2 aliphatic rings. The minimum absolute atomic E-state index is 0.0585. The first kappa shape index (κ1) is 21.4. The first-order valence-corrected chi connectivity index (χ1v) is 10.3. The number of benzene rings is 2. The van der Waals surface area contributed by atoms with E-state index in [0.29, 0.717) is 41.2 Å². The van der Waals surface area contributed by atoms with Crippen molar-refractivity contribution >= 4 is 23.1 Å². The largest absolute Gasteiger partial charge is 0.482 e. The Morgan fingerprint density at radius 3 is 2.69 bits per heavy atom. The number of nitro groups is 1. The molecule has 0 saturated heterocycles. The fourth-order valence-electron chi connectivity index (χ4n) is 3.91. The van der Waals surface area contributed by atoms with Crippen LogP contribution in [0.3, 0.4) is 0 Å². The number of allylic oxidation sites excluding steroid dienone is 3. The molecular formula is C23H18ClN3O5. The zero-order valence-electron chi connectivity index (χ0n) is 16.8. The van der Waals surface area contributed by atoms with E-state index in [2.05, 4.69) is 0 Å². The lowest BCUT2D eigenvalue weighted by Crippen LogP contribution is -2.27. The Morgan fingerprint density at radius 2 is 2.00 bits per heavy atom. The van der Waals surface area contributed by atoms with Gasteiger partial charge in [0.1, 0.15) is 24.0 Å². The molecule has 32 heavy (non-hydrogen) atoms. The van der Waals surface area contributed by atoms with Gasteiger partial charge in [-0.15, -0.1) is 0 Å². The van der Waals surface area contributed by atoms with Crippen LogP contribution in [-0.2, 0) is 16.1 Å². The molecule has 2 aromatic carbocycles. The van der Waals surface area contributed by atoms with E-state index in [1.54, 1.807) is 30.3 Å². The predicted molar refractivity (Wildman–Crippen MR) is 115 cm³/mol. The Hall–Kier alpha value is -3.83. The molecule has 1 aliphatic heterocycles. The molecule has 0 radical (unpaired) electrons. The van der Waals surface area contributed by atoms with Crippen molar-refractivity contribution in [2.24, 2.45) is 5.73 Å². The van der Waals surface area contributed by atoms with Gasteiger partial charge in [-0.3, -0.25) is 14.9 Å². The molecule has 0 aromatic heterocycles. The summed E-state index contributed by atoms with van der Waals surface area (Å²) in [4.78, 5) is 23.9. The second-order valence-electron chi connectivity index (χ2n) is 7.44. The molecule has 8 nitrogen and oxygen atoms in total. The molecule has 1 heterocycles. The smallest absolute Gasteiger partial charge is 0.311 e.